The van der Waals surface area contributed by atoms with E-state index in [-0.39, 0.29) is 0 Å². The Morgan fingerprint density at radius 3 is 2.71 bits per heavy atom. The first-order valence-corrected chi connectivity index (χ1v) is 8.32. The summed E-state index contributed by atoms with van der Waals surface area (Å²) in [5.74, 6) is 2.29. The molecule has 0 saturated heterocycles. The predicted molar refractivity (Wildman–Crippen MR) is 86.7 cm³/mol. The summed E-state index contributed by atoms with van der Waals surface area (Å²) >= 11 is 0. The van der Waals surface area contributed by atoms with Crippen molar-refractivity contribution in [1.29, 1.82) is 0 Å². The Balaban J connectivity index is 1.94. The van der Waals surface area contributed by atoms with E-state index in [0.29, 0.717) is 17.9 Å². The first-order valence-electron chi connectivity index (χ1n) is 8.32. The van der Waals surface area contributed by atoms with E-state index in [9.17, 15) is 0 Å². The molecular weight excluding hydrogens is 262 g/mol. The van der Waals surface area contributed by atoms with Gasteiger partial charge < -0.3 is 10.1 Å². The minimum Gasteiger partial charge on any atom is -0.478 e. The number of hydrogen-bond donors (Lipinski definition) is 1. The number of aromatic nitrogens is 2. The van der Waals surface area contributed by atoms with Crippen LogP contribution in [0, 0.1) is 11.3 Å². The highest BCUT2D eigenvalue weighted by atomic mass is 16.5. The lowest BCUT2D eigenvalue weighted by molar-refractivity contribution is 0.252. The normalized spacial score (nSPS) is 17.1. The second-order valence-corrected chi connectivity index (χ2v) is 6.75. The van der Waals surface area contributed by atoms with E-state index < -0.39 is 0 Å². The zero-order valence-electron chi connectivity index (χ0n) is 13.7. The van der Waals surface area contributed by atoms with Crippen LogP contribution in [0.2, 0.25) is 0 Å². The topological polar surface area (TPSA) is 47.0 Å². The van der Waals surface area contributed by atoms with Crippen LogP contribution in [0.25, 0.3) is 0 Å². The summed E-state index contributed by atoms with van der Waals surface area (Å²) in [7, 11) is 0. The molecule has 1 fully saturated rings. The first-order chi connectivity index (χ1) is 10.1. The standard InChI is InChI=1S/C17H29N3O/c1-4-9-21-16-10-15(19-13-20-16)18-12-17(11-14(2)3)7-5-6-8-17/h10,13-14H,4-9,11-12H2,1-3H3,(H,18,19,20). The molecule has 1 N–H and O–H groups in total. The van der Waals surface area contributed by atoms with Gasteiger partial charge in [0.1, 0.15) is 12.1 Å². The lowest BCUT2D eigenvalue weighted by Gasteiger charge is -2.31. The van der Waals surface area contributed by atoms with Crippen LogP contribution in [0.15, 0.2) is 12.4 Å². The SMILES string of the molecule is CCCOc1cc(NCC2(CC(C)C)CCCC2)ncn1. The van der Waals surface area contributed by atoms with Crippen molar-refractivity contribution in [3.05, 3.63) is 12.4 Å². The molecule has 1 aliphatic rings. The first kappa shape index (κ1) is 16.1. The molecule has 21 heavy (non-hydrogen) atoms. The molecule has 1 saturated carbocycles. The van der Waals surface area contributed by atoms with Gasteiger partial charge in [0.05, 0.1) is 6.61 Å². The number of hydrogen-bond acceptors (Lipinski definition) is 4. The van der Waals surface area contributed by atoms with Gasteiger partial charge in [-0.1, -0.05) is 33.6 Å². The molecule has 0 amide bonds. The minimum atomic E-state index is 0.448. The largest absolute Gasteiger partial charge is 0.478 e. The molecule has 0 bridgehead atoms. The molecular formula is C17H29N3O. The quantitative estimate of drug-likeness (QED) is 0.776. The number of nitrogens with zero attached hydrogens (tertiary/aromatic N) is 2. The van der Waals surface area contributed by atoms with Gasteiger partial charge >= 0.3 is 0 Å². The smallest absolute Gasteiger partial charge is 0.218 e. The van der Waals surface area contributed by atoms with Crippen molar-refractivity contribution < 1.29 is 4.74 Å². The fourth-order valence-corrected chi connectivity index (χ4v) is 3.44. The van der Waals surface area contributed by atoms with Crippen LogP contribution in [-0.2, 0) is 0 Å². The van der Waals surface area contributed by atoms with Crippen LogP contribution in [-0.4, -0.2) is 23.1 Å². The monoisotopic (exact) mass is 291 g/mol. The zero-order chi connectivity index (χ0) is 15.1. The number of rotatable bonds is 8. The molecule has 0 spiro atoms. The summed E-state index contributed by atoms with van der Waals surface area (Å²) < 4.78 is 5.57. The van der Waals surface area contributed by atoms with E-state index in [2.05, 4.69) is 36.1 Å². The maximum atomic E-state index is 5.57. The third kappa shape index (κ3) is 4.87. The zero-order valence-corrected chi connectivity index (χ0v) is 13.7. The number of nitrogens with one attached hydrogen (secondary N) is 1. The molecule has 0 unspecified atom stereocenters. The summed E-state index contributed by atoms with van der Waals surface area (Å²) in [5.41, 5.74) is 0.448. The molecule has 1 aromatic heterocycles. The fraction of sp³-hybridized carbons (Fsp3) is 0.765. The van der Waals surface area contributed by atoms with Crippen molar-refractivity contribution in [3.63, 3.8) is 0 Å². The molecule has 0 atom stereocenters. The highest BCUT2D eigenvalue weighted by molar-refractivity contribution is 5.37. The highest BCUT2D eigenvalue weighted by Gasteiger charge is 2.34. The Hall–Kier alpha value is -1.32. The number of anilines is 1. The number of ether oxygens (including phenoxy) is 1. The Bertz CT molecular complexity index is 428. The van der Waals surface area contributed by atoms with Crippen molar-refractivity contribution in [1.82, 2.24) is 9.97 Å². The summed E-state index contributed by atoms with van der Waals surface area (Å²) in [4.78, 5) is 8.47. The van der Waals surface area contributed by atoms with E-state index in [4.69, 9.17) is 4.74 Å². The van der Waals surface area contributed by atoms with Gasteiger partial charge in [-0.15, -0.1) is 0 Å². The minimum absolute atomic E-state index is 0.448. The second-order valence-electron chi connectivity index (χ2n) is 6.75. The third-order valence-electron chi connectivity index (χ3n) is 4.25. The Morgan fingerprint density at radius 2 is 2.05 bits per heavy atom. The van der Waals surface area contributed by atoms with Gasteiger partial charge in [0.15, 0.2) is 0 Å². The van der Waals surface area contributed by atoms with E-state index in [0.717, 1.165) is 24.7 Å². The average molecular weight is 291 g/mol. The van der Waals surface area contributed by atoms with Crippen molar-refractivity contribution in [2.45, 2.75) is 59.3 Å². The van der Waals surface area contributed by atoms with Crippen molar-refractivity contribution in [3.8, 4) is 5.88 Å². The lowest BCUT2D eigenvalue weighted by Crippen LogP contribution is -2.28. The van der Waals surface area contributed by atoms with Gasteiger partial charge in [0, 0.05) is 12.6 Å². The van der Waals surface area contributed by atoms with Crippen molar-refractivity contribution in [2.24, 2.45) is 11.3 Å². The van der Waals surface area contributed by atoms with Gasteiger partial charge in [0.2, 0.25) is 5.88 Å². The van der Waals surface area contributed by atoms with Gasteiger partial charge in [-0.2, -0.15) is 0 Å². The summed E-state index contributed by atoms with van der Waals surface area (Å²) in [6.07, 6.45) is 9.27. The molecule has 0 aromatic carbocycles. The molecule has 4 nitrogen and oxygen atoms in total. The Labute approximate surface area is 128 Å². The lowest BCUT2D eigenvalue weighted by atomic mass is 9.78. The van der Waals surface area contributed by atoms with Crippen LogP contribution in [0.1, 0.15) is 59.3 Å². The Morgan fingerprint density at radius 1 is 1.29 bits per heavy atom. The maximum Gasteiger partial charge on any atom is 0.218 e. The molecule has 1 aliphatic carbocycles. The van der Waals surface area contributed by atoms with Gasteiger partial charge in [0.25, 0.3) is 0 Å². The van der Waals surface area contributed by atoms with Crippen LogP contribution in [0.5, 0.6) is 5.88 Å². The van der Waals surface area contributed by atoms with Crippen molar-refractivity contribution >= 4 is 5.82 Å². The molecule has 1 aromatic rings. The van der Waals surface area contributed by atoms with Crippen LogP contribution in [0.3, 0.4) is 0 Å². The van der Waals surface area contributed by atoms with Gasteiger partial charge in [-0.3, -0.25) is 0 Å². The molecule has 1 heterocycles. The summed E-state index contributed by atoms with van der Waals surface area (Å²) in [6, 6.07) is 1.91. The molecule has 118 valence electrons. The van der Waals surface area contributed by atoms with E-state index >= 15 is 0 Å². The van der Waals surface area contributed by atoms with Gasteiger partial charge in [-0.25, -0.2) is 9.97 Å². The maximum absolute atomic E-state index is 5.57. The molecule has 4 heteroatoms. The fourth-order valence-electron chi connectivity index (χ4n) is 3.44. The summed E-state index contributed by atoms with van der Waals surface area (Å²) in [5, 5.41) is 3.52. The average Bonchev–Trinajstić information content (AvgIpc) is 2.91. The van der Waals surface area contributed by atoms with E-state index in [1.807, 2.05) is 6.07 Å². The van der Waals surface area contributed by atoms with Gasteiger partial charge in [-0.05, 0) is 37.0 Å². The van der Waals surface area contributed by atoms with E-state index in [1.165, 1.54) is 32.1 Å². The molecule has 0 radical (unpaired) electrons. The van der Waals surface area contributed by atoms with Crippen LogP contribution >= 0.6 is 0 Å². The highest BCUT2D eigenvalue weighted by Crippen LogP contribution is 2.43. The second kappa shape index (κ2) is 7.62. The Kier molecular flexibility index (Phi) is 5.83. The van der Waals surface area contributed by atoms with Crippen molar-refractivity contribution in [2.75, 3.05) is 18.5 Å². The van der Waals surface area contributed by atoms with Crippen LogP contribution < -0.4 is 10.1 Å². The van der Waals surface area contributed by atoms with Crippen LogP contribution in [0.4, 0.5) is 5.82 Å². The molecule has 2 rings (SSSR count). The summed E-state index contributed by atoms with van der Waals surface area (Å²) in [6.45, 7) is 8.45. The molecule has 0 aliphatic heterocycles. The predicted octanol–water partition coefficient (Wildman–Crippen LogP) is 4.28. The van der Waals surface area contributed by atoms with E-state index in [1.54, 1.807) is 6.33 Å². The third-order valence-corrected chi connectivity index (χ3v) is 4.25.